The molecule has 0 aromatic rings. The maximum absolute atomic E-state index is 9.00. The summed E-state index contributed by atoms with van der Waals surface area (Å²) >= 11 is 0. The van der Waals surface area contributed by atoms with Gasteiger partial charge < -0.3 is 21.3 Å². The van der Waals surface area contributed by atoms with Crippen molar-refractivity contribution in [3.8, 4) is 0 Å². The predicted octanol–water partition coefficient (Wildman–Crippen LogP) is -1.00. The molecule has 0 aromatic heterocycles. The molecule has 0 saturated carbocycles. The van der Waals surface area contributed by atoms with Crippen LogP contribution in [0.3, 0.4) is 0 Å². The normalized spacial score (nSPS) is 7.83. The van der Waals surface area contributed by atoms with E-state index in [0.717, 1.165) is 6.92 Å². The van der Waals surface area contributed by atoms with E-state index in [-0.39, 0.29) is 5.96 Å². The van der Waals surface area contributed by atoms with Crippen LogP contribution < -0.4 is 11.5 Å². The Kier molecular flexibility index (Phi) is 10.8. The van der Waals surface area contributed by atoms with E-state index in [0.29, 0.717) is 13.2 Å². The molecule has 0 aliphatic rings. The average molecular weight is 177 g/mol. The van der Waals surface area contributed by atoms with Crippen molar-refractivity contribution >= 4 is 11.9 Å². The minimum atomic E-state index is -0.833. The van der Waals surface area contributed by atoms with Gasteiger partial charge in [0.1, 0.15) is 0 Å². The van der Waals surface area contributed by atoms with E-state index < -0.39 is 5.97 Å². The second-order valence-corrected chi connectivity index (χ2v) is 1.82. The molecular formula is C6H15N3O3. The fraction of sp³-hybridized carbons (Fsp3) is 0.667. The van der Waals surface area contributed by atoms with Gasteiger partial charge in [-0.3, -0.25) is 9.79 Å². The first-order chi connectivity index (χ1) is 5.50. The highest BCUT2D eigenvalue weighted by Crippen LogP contribution is 1.68. The zero-order valence-electron chi connectivity index (χ0n) is 7.28. The first-order valence-corrected chi connectivity index (χ1v) is 3.24. The fourth-order valence-corrected chi connectivity index (χ4v) is 0.266. The lowest BCUT2D eigenvalue weighted by Crippen LogP contribution is -2.23. The second kappa shape index (κ2) is 9.70. The molecule has 0 rings (SSSR count). The Labute approximate surface area is 71.2 Å². The van der Waals surface area contributed by atoms with E-state index in [1.165, 1.54) is 0 Å². The van der Waals surface area contributed by atoms with Gasteiger partial charge in [0.15, 0.2) is 5.96 Å². The van der Waals surface area contributed by atoms with Gasteiger partial charge in [0.25, 0.3) is 5.97 Å². The standard InChI is InChI=1S/C4H11N3O.C2H4O2/c1-8-3-2-7-4(5)6;1-2(3)4/h2-3H2,1H3,(H4,5,6,7);1H3,(H,3,4). The van der Waals surface area contributed by atoms with Crippen LogP contribution in [0.4, 0.5) is 0 Å². The number of methoxy groups -OCH3 is 1. The summed E-state index contributed by atoms with van der Waals surface area (Å²) in [5.74, 6) is -0.720. The smallest absolute Gasteiger partial charge is 0.300 e. The van der Waals surface area contributed by atoms with Gasteiger partial charge in [-0.05, 0) is 0 Å². The topological polar surface area (TPSA) is 111 Å². The van der Waals surface area contributed by atoms with E-state index in [9.17, 15) is 0 Å². The largest absolute Gasteiger partial charge is 0.481 e. The number of hydrogen-bond donors (Lipinski definition) is 3. The highest BCUT2D eigenvalue weighted by molar-refractivity contribution is 5.75. The monoisotopic (exact) mass is 177 g/mol. The Morgan fingerprint density at radius 3 is 2.25 bits per heavy atom. The van der Waals surface area contributed by atoms with Gasteiger partial charge in [-0.1, -0.05) is 0 Å². The lowest BCUT2D eigenvalue weighted by Gasteiger charge is -1.91. The first-order valence-electron chi connectivity index (χ1n) is 3.24. The molecule has 5 N–H and O–H groups in total. The molecule has 0 saturated heterocycles. The zero-order valence-corrected chi connectivity index (χ0v) is 7.28. The van der Waals surface area contributed by atoms with Crippen LogP contribution in [0.25, 0.3) is 0 Å². The van der Waals surface area contributed by atoms with Crippen LogP contribution in [-0.4, -0.2) is 37.3 Å². The molecule has 0 heterocycles. The van der Waals surface area contributed by atoms with Crippen molar-refractivity contribution in [2.75, 3.05) is 20.3 Å². The highest BCUT2D eigenvalue weighted by Gasteiger charge is 1.78. The Morgan fingerprint density at radius 2 is 2.00 bits per heavy atom. The number of carboxylic acids is 1. The number of nitrogens with two attached hydrogens (primary N) is 2. The Bertz CT molecular complexity index is 139. The lowest BCUT2D eigenvalue weighted by atomic mass is 10.7. The number of aliphatic imine (C=N–C) groups is 1. The third-order valence-electron chi connectivity index (χ3n) is 0.590. The van der Waals surface area contributed by atoms with Crippen LogP contribution in [0.1, 0.15) is 6.92 Å². The Hall–Kier alpha value is -1.30. The molecule has 6 nitrogen and oxygen atoms in total. The molecule has 0 bridgehead atoms. The quantitative estimate of drug-likeness (QED) is 0.291. The summed E-state index contributed by atoms with van der Waals surface area (Å²) in [7, 11) is 1.60. The Morgan fingerprint density at radius 1 is 1.58 bits per heavy atom. The van der Waals surface area contributed by atoms with E-state index in [4.69, 9.17) is 21.4 Å². The van der Waals surface area contributed by atoms with Crippen molar-refractivity contribution in [1.82, 2.24) is 0 Å². The van der Waals surface area contributed by atoms with Crippen molar-refractivity contribution in [2.45, 2.75) is 6.92 Å². The van der Waals surface area contributed by atoms with Crippen molar-refractivity contribution in [2.24, 2.45) is 16.5 Å². The summed E-state index contributed by atoms with van der Waals surface area (Å²) in [6.45, 7) is 2.19. The number of hydrogen-bond acceptors (Lipinski definition) is 3. The number of ether oxygens (including phenoxy) is 1. The van der Waals surface area contributed by atoms with Crippen molar-refractivity contribution in [3.05, 3.63) is 0 Å². The summed E-state index contributed by atoms with van der Waals surface area (Å²) in [6.07, 6.45) is 0. The molecule has 0 radical (unpaired) electrons. The van der Waals surface area contributed by atoms with Crippen LogP contribution in [-0.2, 0) is 9.53 Å². The van der Waals surface area contributed by atoms with Crippen molar-refractivity contribution in [1.29, 1.82) is 0 Å². The zero-order chi connectivity index (χ0) is 9.98. The number of nitrogens with zero attached hydrogens (tertiary/aromatic N) is 1. The van der Waals surface area contributed by atoms with Gasteiger partial charge in [0, 0.05) is 14.0 Å². The van der Waals surface area contributed by atoms with E-state index in [2.05, 4.69) is 9.73 Å². The van der Waals surface area contributed by atoms with Crippen LogP contribution in [0, 0.1) is 0 Å². The van der Waals surface area contributed by atoms with Gasteiger partial charge in [-0.15, -0.1) is 0 Å². The molecule has 12 heavy (non-hydrogen) atoms. The summed E-state index contributed by atoms with van der Waals surface area (Å²) in [4.78, 5) is 12.7. The summed E-state index contributed by atoms with van der Waals surface area (Å²) in [6, 6.07) is 0. The molecule has 0 spiro atoms. The Balaban J connectivity index is 0. The number of carboxylic acid groups (broad SMARTS) is 1. The molecule has 0 fully saturated rings. The molecular weight excluding hydrogens is 162 g/mol. The number of carbonyl (C=O) groups is 1. The third kappa shape index (κ3) is 37.7. The van der Waals surface area contributed by atoms with Gasteiger partial charge in [-0.2, -0.15) is 0 Å². The lowest BCUT2D eigenvalue weighted by molar-refractivity contribution is -0.134. The van der Waals surface area contributed by atoms with Crippen LogP contribution in [0.2, 0.25) is 0 Å². The molecule has 0 atom stereocenters. The summed E-state index contributed by atoms with van der Waals surface area (Å²) in [5.41, 5.74) is 10.0. The molecule has 0 unspecified atom stereocenters. The molecule has 72 valence electrons. The van der Waals surface area contributed by atoms with Crippen molar-refractivity contribution < 1.29 is 14.6 Å². The molecule has 0 aromatic carbocycles. The van der Waals surface area contributed by atoms with Gasteiger partial charge >= 0.3 is 0 Å². The molecule has 6 heteroatoms. The molecule has 0 aliphatic carbocycles. The SMILES string of the molecule is CC(=O)O.COCCN=C(N)N. The van der Waals surface area contributed by atoms with Gasteiger partial charge in [0.05, 0.1) is 13.2 Å². The first kappa shape index (κ1) is 13.3. The van der Waals surface area contributed by atoms with Crippen molar-refractivity contribution in [3.63, 3.8) is 0 Å². The van der Waals surface area contributed by atoms with Gasteiger partial charge in [-0.25, -0.2) is 0 Å². The number of guanidine groups is 1. The maximum atomic E-state index is 9.00. The fourth-order valence-electron chi connectivity index (χ4n) is 0.266. The van der Waals surface area contributed by atoms with Crippen LogP contribution >= 0.6 is 0 Å². The predicted molar refractivity (Wildman–Crippen MR) is 45.9 cm³/mol. The van der Waals surface area contributed by atoms with Crippen LogP contribution in [0.15, 0.2) is 4.99 Å². The second-order valence-electron chi connectivity index (χ2n) is 1.82. The van der Waals surface area contributed by atoms with E-state index in [1.54, 1.807) is 7.11 Å². The molecule has 0 aliphatic heterocycles. The van der Waals surface area contributed by atoms with E-state index in [1.807, 2.05) is 0 Å². The van der Waals surface area contributed by atoms with E-state index >= 15 is 0 Å². The van der Waals surface area contributed by atoms with Crippen LogP contribution in [0.5, 0.6) is 0 Å². The minimum absolute atomic E-state index is 0.113. The number of aliphatic carboxylic acids is 1. The average Bonchev–Trinajstić information content (AvgIpc) is 1.86. The number of rotatable bonds is 3. The summed E-state index contributed by atoms with van der Waals surface area (Å²) in [5, 5.41) is 7.42. The third-order valence-corrected chi connectivity index (χ3v) is 0.590. The summed E-state index contributed by atoms with van der Waals surface area (Å²) < 4.78 is 4.67. The minimum Gasteiger partial charge on any atom is -0.481 e. The van der Waals surface area contributed by atoms with Gasteiger partial charge in [0.2, 0.25) is 0 Å². The maximum Gasteiger partial charge on any atom is 0.300 e. The highest BCUT2D eigenvalue weighted by atomic mass is 16.5. The molecule has 0 amide bonds.